The van der Waals surface area contributed by atoms with Gasteiger partial charge in [0.2, 0.25) is 0 Å². The Hall–Kier alpha value is -0.900. The number of hydrogen-bond donors (Lipinski definition) is 2. The maximum atomic E-state index is 5.94. The van der Waals surface area contributed by atoms with E-state index in [0.29, 0.717) is 5.92 Å². The van der Waals surface area contributed by atoms with Crippen molar-refractivity contribution in [3.8, 4) is 0 Å². The Kier molecular flexibility index (Phi) is 11.4. The minimum absolute atomic E-state index is 0. The third-order valence-corrected chi connectivity index (χ3v) is 6.69. The second-order valence-corrected chi connectivity index (χ2v) is 8.94. The molecule has 0 radical (unpaired) electrons. The van der Waals surface area contributed by atoms with Gasteiger partial charge in [-0.05, 0) is 62.4 Å². The first kappa shape index (κ1) is 25.4. The Labute approximate surface area is 206 Å². The van der Waals surface area contributed by atoms with Gasteiger partial charge in [-0.2, -0.15) is 0 Å². The first-order chi connectivity index (χ1) is 14.2. The van der Waals surface area contributed by atoms with E-state index >= 15 is 0 Å². The molecule has 1 saturated heterocycles. The average Bonchev–Trinajstić information content (AvgIpc) is 3.20. The van der Waals surface area contributed by atoms with Crippen LogP contribution in [0.1, 0.15) is 36.0 Å². The molecular weight excluding hydrogens is 529 g/mol. The highest BCUT2D eigenvalue weighted by Crippen LogP contribution is 2.19. The van der Waals surface area contributed by atoms with Gasteiger partial charge in [-0.3, -0.25) is 9.89 Å². The number of halogens is 2. The smallest absolute Gasteiger partial charge is 0.190 e. The average molecular weight is 562 g/mol. The molecule has 8 heteroatoms. The standard InChI is InChI=1S/C22H32ClN5S.HI/c1-3-21-27-20(16-29-21)15-28-12-9-18(10-13-28)14-26-22(24-2)25-11-8-17-4-6-19(23)7-5-17;/h4-7,16,18H,3,8-15H2,1-2H3,(H2,24,25,26);1H. The quantitative estimate of drug-likeness (QED) is 0.281. The molecule has 0 atom stereocenters. The molecule has 0 saturated carbocycles. The number of likely N-dealkylation sites (tertiary alicyclic amines) is 1. The number of aliphatic imine (C=N–C) groups is 1. The number of guanidine groups is 1. The number of rotatable bonds is 8. The molecule has 0 spiro atoms. The van der Waals surface area contributed by atoms with Crippen LogP contribution in [-0.4, -0.2) is 49.1 Å². The van der Waals surface area contributed by atoms with Crippen LogP contribution in [0.15, 0.2) is 34.6 Å². The molecule has 166 valence electrons. The van der Waals surface area contributed by atoms with Crippen molar-refractivity contribution >= 4 is 52.9 Å². The van der Waals surface area contributed by atoms with Gasteiger partial charge in [-0.15, -0.1) is 35.3 Å². The van der Waals surface area contributed by atoms with Crippen LogP contribution in [0.5, 0.6) is 0 Å². The van der Waals surface area contributed by atoms with Crippen molar-refractivity contribution < 1.29 is 0 Å². The number of benzene rings is 1. The molecule has 1 aliphatic rings. The van der Waals surface area contributed by atoms with Crippen LogP contribution in [0.2, 0.25) is 5.02 Å². The van der Waals surface area contributed by atoms with Crippen molar-refractivity contribution in [1.29, 1.82) is 0 Å². The highest BCUT2D eigenvalue weighted by Gasteiger charge is 2.20. The van der Waals surface area contributed by atoms with Crippen molar-refractivity contribution in [3.05, 3.63) is 50.9 Å². The molecule has 1 aromatic heterocycles. The Morgan fingerprint density at radius 1 is 1.23 bits per heavy atom. The van der Waals surface area contributed by atoms with Crippen molar-refractivity contribution in [1.82, 2.24) is 20.5 Å². The molecule has 0 aliphatic carbocycles. The van der Waals surface area contributed by atoms with E-state index in [0.717, 1.165) is 56.5 Å². The van der Waals surface area contributed by atoms with Crippen molar-refractivity contribution in [2.75, 3.05) is 33.2 Å². The molecular formula is C22H33ClIN5S. The molecule has 1 fully saturated rings. The fourth-order valence-corrected chi connectivity index (χ4v) is 4.46. The molecule has 2 aromatic rings. The summed E-state index contributed by atoms with van der Waals surface area (Å²) in [5.41, 5.74) is 2.50. The first-order valence-corrected chi connectivity index (χ1v) is 11.8. The van der Waals surface area contributed by atoms with Crippen molar-refractivity contribution in [2.45, 2.75) is 39.2 Å². The topological polar surface area (TPSA) is 52.6 Å². The van der Waals surface area contributed by atoms with Gasteiger partial charge in [-0.25, -0.2) is 4.98 Å². The fraction of sp³-hybridized carbons (Fsp3) is 0.545. The zero-order valence-electron chi connectivity index (χ0n) is 17.9. The van der Waals surface area contributed by atoms with E-state index in [1.165, 1.54) is 29.1 Å². The lowest BCUT2D eigenvalue weighted by Gasteiger charge is -2.31. The number of nitrogens with zero attached hydrogens (tertiary/aromatic N) is 3. The lowest BCUT2D eigenvalue weighted by atomic mass is 9.97. The van der Waals surface area contributed by atoms with Crippen LogP contribution < -0.4 is 10.6 Å². The predicted octanol–water partition coefficient (Wildman–Crippen LogP) is 4.60. The van der Waals surface area contributed by atoms with E-state index in [1.807, 2.05) is 19.2 Å². The van der Waals surface area contributed by atoms with Crippen molar-refractivity contribution in [3.63, 3.8) is 0 Å². The highest BCUT2D eigenvalue weighted by atomic mass is 127. The lowest BCUT2D eigenvalue weighted by molar-refractivity contribution is 0.176. The zero-order chi connectivity index (χ0) is 20.5. The third kappa shape index (κ3) is 8.32. The molecule has 2 heterocycles. The van der Waals surface area contributed by atoms with Gasteiger partial charge in [0.05, 0.1) is 10.7 Å². The summed E-state index contributed by atoms with van der Waals surface area (Å²) >= 11 is 7.72. The van der Waals surface area contributed by atoms with Crippen LogP contribution in [0, 0.1) is 5.92 Å². The van der Waals surface area contributed by atoms with E-state index in [2.05, 4.69) is 45.0 Å². The van der Waals surface area contributed by atoms with Gasteiger partial charge in [-0.1, -0.05) is 30.7 Å². The minimum Gasteiger partial charge on any atom is -0.356 e. The number of thiazole rings is 1. The molecule has 0 unspecified atom stereocenters. The number of aryl methyl sites for hydroxylation is 1. The monoisotopic (exact) mass is 561 g/mol. The summed E-state index contributed by atoms with van der Waals surface area (Å²) in [5, 5.41) is 11.1. The summed E-state index contributed by atoms with van der Waals surface area (Å²) in [4.78, 5) is 11.6. The Morgan fingerprint density at radius 2 is 1.97 bits per heavy atom. The summed E-state index contributed by atoms with van der Waals surface area (Å²) in [5.74, 6) is 1.58. The number of nitrogens with one attached hydrogen (secondary N) is 2. The summed E-state index contributed by atoms with van der Waals surface area (Å²) < 4.78 is 0. The second-order valence-electron chi connectivity index (χ2n) is 7.56. The molecule has 1 aromatic carbocycles. The SMILES string of the molecule is CCc1nc(CN2CCC(CNC(=NC)NCCc3ccc(Cl)cc3)CC2)cs1.I. The van der Waals surface area contributed by atoms with Gasteiger partial charge >= 0.3 is 0 Å². The molecule has 3 rings (SSSR count). The maximum absolute atomic E-state index is 5.94. The van der Waals surface area contributed by atoms with Crippen LogP contribution in [0.3, 0.4) is 0 Å². The molecule has 5 nitrogen and oxygen atoms in total. The normalized spacial score (nSPS) is 15.6. The summed E-state index contributed by atoms with van der Waals surface area (Å²) in [7, 11) is 1.83. The van der Waals surface area contributed by atoms with E-state index < -0.39 is 0 Å². The largest absolute Gasteiger partial charge is 0.356 e. The second kappa shape index (κ2) is 13.5. The van der Waals surface area contributed by atoms with Gasteiger partial charge < -0.3 is 10.6 Å². The van der Waals surface area contributed by atoms with Gasteiger partial charge in [0.1, 0.15) is 0 Å². The van der Waals surface area contributed by atoms with Crippen molar-refractivity contribution in [2.24, 2.45) is 10.9 Å². The van der Waals surface area contributed by atoms with Gasteiger partial charge in [0.25, 0.3) is 0 Å². The van der Waals surface area contributed by atoms with Gasteiger partial charge in [0.15, 0.2) is 5.96 Å². The Bertz CT molecular complexity index is 772. The fourth-order valence-electron chi connectivity index (χ4n) is 3.60. The number of hydrogen-bond acceptors (Lipinski definition) is 4. The molecule has 2 N–H and O–H groups in total. The predicted molar refractivity (Wildman–Crippen MR) is 139 cm³/mol. The summed E-state index contributed by atoms with van der Waals surface area (Å²) in [6.45, 7) is 7.28. The van der Waals surface area contributed by atoms with E-state index in [4.69, 9.17) is 16.6 Å². The Balaban J connectivity index is 0.00000320. The van der Waals surface area contributed by atoms with Crippen LogP contribution in [-0.2, 0) is 19.4 Å². The molecule has 30 heavy (non-hydrogen) atoms. The minimum atomic E-state index is 0. The Morgan fingerprint density at radius 3 is 2.60 bits per heavy atom. The number of piperidine rings is 1. The van der Waals surface area contributed by atoms with Crippen LogP contribution in [0.25, 0.3) is 0 Å². The zero-order valence-corrected chi connectivity index (χ0v) is 21.8. The molecule has 0 amide bonds. The maximum Gasteiger partial charge on any atom is 0.190 e. The van der Waals surface area contributed by atoms with E-state index in [-0.39, 0.29) is 24.0 Å². The highest BCUT2D eigenvalue weighted by molar-refractivity contribution is 14.0. The lowest BCUT2D eigenvalue weighted by Crippen LogP contribution is -2.43. The van der Waals surface area contributed by atoms with Crippen LogP contribution >= 0.6 is 46.9 Å². The summed E-state index contributed by atoms with van der Waals surface area (Å²) in [6.07, 6.45) is 4.43. The summed E-state index contributed by atoms with van der Waals surface area (Å²) in [6, 6.07) is 8.02. The third-order valence-electron chi connectivity index (χ3n) is 5.40. The molecule has 1 aliphatic heterocycles. The number of aromatic nitrogens is 1. The first-order valence-electron chi connectivity index (χ1n) is 10.5. The van der Waals surface area contributed by atoms with Crippen LogP contribution in [0.4, 0.5) is 0 Å². The van der Waals surface area contributed by atoms with E-state index in [9.17, 15) is 0 Å². The van der Waals surface area contributed by atoms with E-state index in [1.54, 1.807) is 11.3 Å². The molecule has 0 bridgehead atoms. The van der Waals surface area contributed by atoms with Gasteiger partial charge in [0, 0.05) is 37.1 Å².